The molecule has 5 nitrogen and oxygen atoms in total. The summed E-state index contributed by atoms with van der Waals surface area (Å²) in [5.74, 6) is -0.130. The number of nitrogens with zero attached hydrogens (tertiary/aromatic N) is 2. The molecule has 2 rings (SSSR count). The molecule has 0 fully saturated rings. The summed E-state index contributed by atoms with van der Waals surface area (Å²) in [4.78, 5) is 15.9. The minimum Gasteiger partial charge on any atom is -0.396 e. The lowest BCUT2D eigenvalue weighted by molar-refractivity contribution is 0.0934. The molecule has 1 atom stereocenters. The number of rotatable bonds is 4. The van der Waals surface area contributed by atoms with Crippen molar-refractivity contribution in [1.82, 2.24) is 14.7 Å². The van der Waals surface area contributed by atoms with Crippen molar-refractivity contribution >= 4 is 11.4 Å². The first-order valence-electron chi connectivity index (χ1n) is 5.54. The zero-order chi connectivity index (χ0) is 12.3. The smallest absolute Gasteiger partial charge is 0.251 e. The molecule has 0 saturated carbocycles. The highest BCUT2D eigenvalue weighted by atomic mass is 16.3. The number of nitrogens with one attached hydrogen (secondary N) is 1. The maximum Gasteiger partial charge on any atom is 0.251 e. The Balaban J connectivity index is 2.13. The molecule has 0 aliphatic heterocycles. The monoisotopic (exact) mass is 233 g/mol. The quantitative estimate of drug-likeness (QED) is 0.822. The van der Waals surface area contributed by atoms with Crippen LogP contribution in [0.2, 0.25) is 0 Å². The molecule has 0 bridgehead atoms. The first kappa shape index (κ1) is 11.6. The average Bonchev–Trinajstić information content (AvgIpc) is 2.75. The third-order valence-electron chi connectivity index (χ3n) is 2.62. The van der Waals surface area contributed by atoms with Gasteiger partial charge in [0.25, 0.3) is 5.91 Å². The van der Waals surface area contributed by atoms with E-state index >= 15 is 0 Å². The summed E-state index contributed by atoms with van der Waals surface area (Å²) in [5.41, 5.74) is 1.48. The summed E-state index contributed by atoms with van der Waals surface area (Å²) < 4.78 is 1.84. The first-order chi connectivity index (χ1) is 8.20. The number of fused-ring (bicyclic) bond motifs is 1. The lowest BCUT2D eigenvalue weighted by atomic mass is 10.2. The second-order valence-electron chi connectivity index (χ2n) is 4.03. The topological polar surface area (TPSA) is 66.6 Å². The minimum absolute atomic E-state index is 0.0337. The predicted octanol–water partition coefficient (Wildman–Crippen LogP) is 0.835. The number of aliphatic hydroxyl groups excluding tert-OH is 1. The number of hydrogen-bond donors (Lipinski definition) is 2. The van der Waals surface area contributed by atoms with E-state index < -0.39 is 0 Å². The van der Waals surface area contributed by atoms with Crippen LogP contribution in [0.25, 0.3) is 5.52 Å². The molecule has 0 aromatic carbocycles. The van der Waals surface area contributed by atoms with Crippen molar-refractivity contribution in [3.05, 3.63) is 36.4 Å². The molecule has 1 amide bonds. The Hall–Kier alpha value is -1.88. The van der Waals surface area contributed by atoms with Gasteiger partial charge in [-0.05, 0) is 25.5 Å². The molecule has 0 radical (unpaired) electrons. The lowest BCUT2D eigenvalue weighted by Crippen LogP contribution is -2.33. The van der Waals surface area contributed by atoms with Crippen molar-refractivity contribution in [3.63, 3.8) is 0 Å². The van der Waals surface area contributed by atoms with E-state index in [-0.39, 0.29) is 18.6 Å². The van der Waals surface area contributed by atoms with Gasteiger partial charge in [-0.2, -0.15) is 0 Å². The second kappa shape index (κ2) is 4.97. The van der Waals surface area contributed by atoms with Crippen LogP contribution in [-0.2, 0) is 0 Å². The number of hydrogen-bond acceptors (Lipinski definition) is 3. The highest BCUT2D eigenvalue weighted by molar-refractivity contribution is 5.95. The minimum atomic E-state index is -0.130. The van der Waals surface area contributed by atoms with Crippen molar-refractivity contribution in [3.8, 4) is 0 Å². The van der Waals surface area contributed by atoms with E-state index in [9.17, 15) is 4.79 Å². The van der Waals surface area contributed by atoms with Crippen molar-refractivity contribution in [1.29, 1.82) is 0 Å². The summed E-state index contributed by atoms with van der Waals surface area (Å²) in [6.45, 7) is 1.94. The van der Waals surface area contributed by atoms with E-state index in [0.29, 0.717) is 12.0 Å². The highest BCUT2D eigenvalue weighted by Crippen LogP contribution is 2.07. The number of imidazole rings is 1. The van der Waals surface area contributed by atoms with Crippen molar-refractivity contribution in [2.75, 3.05) is 6.61 Å². The fourth-order valence-corrected chi connectivity index (χ4v) is 1.63. The molecule has 1 unspecified atom stereocenters. The molecule has 0 aliphatic carbocycles. The third-order valence-corrected chi connectivity index (χ3v) is 2.62. The lowest BCUT2D eigenvalue weighted by Gasteiger charge is -2.12. The van der Waals surface area contributed by atoms with Crippen LogP contribution in [0.15, 0.2) is 30.9 Å². The van der Waals surface area contributed by atoms with Crippen molar-refractivity contribution < 1.29 is 9.90 Å². The van der Waals surface area contributed by atoms with Gasteiger partial charge in [0.2, 0.25) is 0 Å². The molecule has 2 aromatic rings. The normalized spacial score (nSPS) is 12.6. The molecule has 5 heteroatoms. The van der Waals surface area contributed by atoms with Crippen LogP contribution in [0.1, 0.15) is 23.7 Å². The molecule has 0 aliphatic rings. The zero-order valence-electron chi connectivity index (χ0n) is 9.63. The Morgan fingerprint density at radius 3 is 3.24 bits per heavy atom. The van der Waals surface area contributed by atoms with Crippen LogP contribution in [0.5, 0.6) is 0 Å². The Morgan fingerprint density at radius 2 is 2.47 bits per heavy atom. The SMILES string of the molecule is CC(CCO)NC(=O)c1ccn2cncc2c1. The molecule has 2 aromatic heterocycles. The molecule has 0 saturated heterocycles. The Bertz CT molecular complexity index is 521. The molecule has 2 N–H and O–H groups in total. The van der Waals surface area contributed by atoms with Gasteiger partial charge in [0.15, 0.2) is 0 Å². The van der Waals surface area contributed by atoms with Crippen LogP contribution >= 0.6 is 0 Å². The molecule has 0 spiro atoms. The van der Waals surface area contributed by atoms with Gasteiger partial charge in [0.1, 0.15) is 0 Å². The summed E-state index contributed by atoms with van der Waals surface area (Å²) in [5, 5.41) is 11.6. The number of carbonyl (C=O) groups excluding carboxylic acids is 1. The van der Waals surface area contributed by atoms with E-state index in [4.69, 9.17) is 5.11 Å². The van der Waals surface area contributed by atoms with Crippen LogP contribution < -0.4 is 5.32 Å². The summed E-state index contributed by atoms with van der Waals surface area (Å²) in [7, 11) is 0. The molecular weight excluding hydrogens is 218 g/mol. The summed E-state index contributed by atoms with van der Waals surface area (Å²) in [6.07, 6.45) is 5.74. The maximum absolute atomic E-state index is 11.9. The Kier molecular flexibility index (Phi) is 3.39. The van der Waals surface area contributed by atoms with E-state index in [0.717, 1.165) is 5.52 Å². The highest BCUT2D eigenvalue weighted by Gasteiger charge is 2.09. The fraction of sp³-hybridized carbons (Fsp3) is 0.333. The van der Waals surface area contributed by atoms with Gasteiger partial charge in [-0.1, -0.05) is 0 Å². The molecule has 2 heterocycles. The largest absolute Gasteiger partial charge is 0.396 e. The zero-order valence-corrected chi connectivity index (χ0v) is 9.63. The van der Waals surface area contributed by atoms with Crippen LogP contribution in [0, 0.1) is 0 Å². The second-order valence-corrected chi connectivity index (χ2v) is 4.03. The van der Waals surface area contributed by atoms with Gasteiger partial charge >= 0.3 is 0 Å². The number of carbonyl (C=O) groups is 1. The number of pyridine rings is 1. The van der Waals surface area contributed by atoms with Crippen molar-refractivity contribution in [2.45, 2.75) is 19.4 Å². The molecule has 90 valence electrons. The third kappa shape index (κ3) is 2.62. The van der Waals surface area contributed by atoms with E-state index in [1.807, 2.05) is 11.3 Å². The van der Waals surface area contributed by atoms with Gasteiger partial charge in [-0.25, -0.2) is 4.98 Å². The number of amides is 1. The predicted molar refractivity (Wildman–Crippen MR) is 63.8 cm³/mol. The standard InChI is InChI=1S/C12H15N3O2/c1-9(3-5-16)14-12(17)10-2-4-15-8-13-7-11(15)6-10/h2,4,6-9,16H,3,5H2,1H3,(H,14,17). The fourth-order valence-electron chi connectivity index (χ4n) is 1.63. The molecule has 17 heavy (non-hydrogen) atoms. The van der Waals surface area contributed by atoms with Gasteiger partial charge in [0.05, 0.1) is 18.0 Å². The van der Waals surface area contributed by atoms with Gasteiger partial charge in [-0.15, -0.1) is 0 Å². The average molecular weight is 233 g/mol. The summed E-state index contributed by atoms with van der Waals surface area (Å²) in [6, 6.07) is 3.50. The summed E-state index contributed by atoms with van der Waals surface area (Å²) >= 11 is 0. The number of aliphatic hydroxyl groups is 1. The first-order valence-corrected chi connectivity index (χ1v) is 5.54. The number of aromatic nitrogens is 2. The van der Waals surface area contributed by atoms with Gasteiger partial charge in [-0.3, -0.25) is 4.79 Å². The van der Waals surface area contributed by atoms with E-state index in [2.05, 4.69) is 10.3 Å². The van der Waals surface area contributed by atoms with Gasteiger partial charge in [0, 0.05) is 24.4 Å². The van der Waals surface area contributed by atoms with Crippen LogP contribution in [-0.4, -0.2) is 33.0 Å². The Morgan fingerprint density at radius 1 is 1.65 bits per heavy atom. The van der Waals surface area contributed by atoms with Gasteiger partial charge < -0.3 is 14.8 Å². The van der Waals surface area contributed by atoms with E-state index in [1.54, 1.807) is 30.9 Å². The van der Waals surface area contributed by atoms with Crippen molar-refractivity contribution in [2.24, 2.45) is 0 Å². The Labute approximate surface area is 99.1 Å². The van der Waals surface area contributed by atoms with Crippen LogP contribution in [0.3, 0.4) is 0 Å². The maximum atomic E-state index is 11.9. The molecular formula is C12H15N3O2. The van der Waals surface area contributed by atoms with E-state index in [1.165, 1.54) is 0 Å². The van der Waals surface area contributed by atoms with Crippen LogP contribution in [0.4, 0.5) is 0 Å².